The first-order valence-corrected chi connectivity index (χ1v) is 16.2. The van der Waals surface area contributed by atoms with Crippen molar-refractivity contribution in [1.82, 2.24) is 14.3 Å². The lowest BCUT2D eigenvalue weighted by molar-refractivity contribution is 0.0575. The molecule has 3 aliphatic rings. The first kappa shape index (κ1) is 27.7. The Bertz CT molecular complexity index is 1030. The lowest BCUT2D eigenvalue weighted by Gasteiger charge is -2.37. The molecule has 1 aromatic rings. The normalized spacial score (nSPS) is 25.4. The molecule has 1 aliphatic carbocycles. The molecule has 1 aromatic heterocycles. The standard InChI is InChI=1S/C23H40N5O6PS/c1-4-32-35(29,33-5-2)34-20-7-6-14-28(15-20)36(30,31)16-18-8-10-19(11-9-18)27(3)23-21-12-13-24-22(21)25-17-26-23/h17-20H,4-16H2,1-3H3,(H,24,25,26)/t18?,19?,20-/m1/s1. The fourth-order valence-corrected chi connectivity index (χ4v) is 8.82. The van der Waals surface area contributed by atoms with Crippen LogP contribution in [0, 0.1) is 5.92 Å². The molecule has 0 aromatic carbocycles. The third-order valence-corrected chi connectivity index (χ3v) is 11.0. The summed E-state index contributed by atoms with van der Waals surface area (Å²) in [5, 5.41) is 3.30. The number of sulfonamides is 1. The molecule has 0 bridgehead atoms. The Morgan fingerprint density at radius 2 is 1.86 bits per heavy atom. The second-order valence-corrected chi connectivity index (χ2v) is 13.4. The van der Waals surface area contributed by atoms with Crippen LogP contribution in [0.1, 0.15) is 57.9 Å². The monoisotopic (exact) mass is 545 g/mol. The van der Waals surface area contributed by atoms with E-state index >= 15 is 0 Å². The summed E-state index contributed by atoms with van der Waals surface area (Å²) in [5.41, 5.74) is 1.17. The average Bonchev–Trinajstić information content (AvgIpc) is 3.33. The summed E-state index contributed by atoms with van der Waals surface area (Å²) in [6, 6.07) is 0.336. The summed E-state index contributed by atoms with van der Waals surface area (Å²) in [7, 11) is -5.06. The quantitative estimate of drug-likeness (QED) is 0.414. The van der Waals surface area contributed by atoms with E-state index in [1.165, 1.54) is 9.87 Å². The minimum Gasteiger partial charge on any atom is -0.369 e. The number of phosphoric acid groups is 1. The van der Waals surface area contributed by atoms with Gasteiger partial charge in [-0.05, 0) is 64.7 Å². The largest absolute Gasteiger partial charge is 0.475 e. The van der Waals surface area contributed by atoms with E-state index in [0.717, 1.165) is 50.3 Å². The number of phosphoric ester groups is 1. The average molecular weight is 546 g/mol. The number of nitrogens with one attached hydrogen (secondary N) is 1. The van der Waals surface area contributed by atoms with E-state index in [1.54, 1.807) is 20.2 Å². The van der Waals surface area contributed by atoms with Gasteiger partial charge in [-0.15, -0.1) is 0 Å². The number of aromatic nitrogens is 2. The van der Waals surface area contributed by atoms with Crippen LogP contribution in [0.15, 0.2) is 6.33 Å². The molecule has 0 amide bonds. The van der Waals surface area contributed by atoms with Crippen molar-refractivity contribution >= 4 is 29.5 Å². The van der Waals surface area contributed by atoms with Crippen LogP contribution >= 0.6 is 7.82 Å². The van der Waals surface area contributed by atoms with Crippen LogP contribution in [-0.4, -0.2) is 80.5 Å². The van der Waals surface area contributed by atoms with Crippen LogP contribution in [0.3, 0.4) is 0 Å². The van der Waals surface area contributed by atoms with Crippen molar-refractivity contribution in [3.05, 3.63) is 11.9 Å². The molecule has 4 rings (SSSR count). The molecule has 13 heteroatoms. The molecule has 1 atom stereocenters. The minimum absolute atomic E-state index is 0.122. The van der Waals surface area contributed by atoms with Gasteiger partial charge in [0, 0.05) is 38.3 Å². The van der Waals surface area contributed by atoms with Gasteiger partial charge in [0.1, 0.15) is 18.0 Å². The summed E-state index contributed by atoms with van der Waals surface area (Å²) in [5.74, 6) is 2.17. The Kier molecular flexibility index (Phi) is 9.28. The molecule has 1 saturated carbocycles. The Morgan fingerprint density at radius 3 is 2.56 bits per heavy atom. The third-order valence-electron chi connectivity index (χ3n) is 7.32. The van der Waals surface area contributed by atoms with E-state index in [2.05, 4.69) is 27.2 Å². The number of piperidine rings is 1. The van der Waals surface area contributed by atoms with Gasteiger partial charge in [-0.25, -0.2) is 23.0 Å². The zero-order chi connectivity index (χ0) is 25.8. The van der Waals surface area contributed by atoms with E-state index in [4.69, 9.17) is 13.6 Å². The van der Waals surface area contributed by atoms with E-state index in [-0.39, 0.29) is 31.4 Å². The van der Waals surface area contributed by atoms with Gasteiger partial charge in [-0.1, -0.05) is 0 Å². The topological polar surface area (TPSA) is 123 Å². The van der Waals surface area contributed by atoms with Gasteiger partial charge in [0.25, 0.3) is 0 Å². The van der Waals surface area contributed by atoms with Crippen molar-refractivity contribution < 1.29 is 26.6 Å². The van der Waals surface area contributed by atoms with Crippen LogP contribution < -0.4 is 10.2 Å². The van der Waals surface area contributed by atoms with Crippen LogP contribution in [0.4, 0.5) is 11.6 Å². The summed E-state index contributed by atoms with van der Waals surface area (Å²) in [6.07, 6.45) is 6.88. The van der Waals surface area contributed by atoms with Crippen molar-refractivity contribution in [2.24, 2.45) is 5.92 Å². The Morgan fingerprint density at radius 1 is 1.14 bits per heavy atom. The van der Waals surface area contributed by atoms with Crippen LogP contribution in [0.5, 0.6) is 0 Å². The zero-order valence-corrected chi connectivity index (χ0v) is 23.3. The molecule has 0 unspecified atom stereocenters. The van der Waals surface area contributed by atoms with Gasteiger partial charge in [0.15, 0.2) is 0 Å². The molecule has 0 spiro atoms. The van der Waals surface area contributed by atoms with E-state index < -0.39 is 23.9 Å². The molecule has 3 heterocycles. The van der Waals surface area contributed by atoms with Crippen LogP contribution in [0.25, 0.3) is 0 Å². The van der Waals surface area contributed by atoms with Crippen molar-refractivity contribution in [3.63, 3.8) is 0 Å². The summed E-state index contributed by atoms with van der Waals surface area (Å²) in [6.45, 7) is 5.35. The van der Waals surface area contributed by atoms with E-state index in [0.29, 0.717) is 25.4 Å². The Hall–Kier alpha value is -1.30. The van der Waals surface area contributed by atoms with E-state index in [9.17, 15) is 13.0 Å². The molecule has 2 aliphatic heterocycles. The van der Waals surface area contributed by atoms with Gasteiger partial charge in [-0.3, -0.25) is 13.6 Å². The molecular formula is C23H40N5O6PS. The third kappa shape index (κ3) is 6.57. The second-order valence-electron chi connectivity index (χ2n) is 9.78. The molecule has 204 valence electrons. The Balaban J connectivity index is 1.30. The number of nitrogens with zero attached hydrogens (tertiary/aromatic N) is 4. The lowest BCUT2D eigenvalue weighted by Crippen LogP contribution is -2.45. The van der Waals surface area contributed by atoms with Crippen LogP contribution in [0.2, 0.25) is 0 Å². The van der Waals surface area contributed by atoms with Gasteiger partial charge in [0.05, 0.1) is 25.1 Å². The molecule has 2 fully saturated rings. The zero-order valence-electron chi connectivity index (χ0n) is 21.6. The number of rotatable bonds is 11. The van der Waals surface area contributed by atoms with Crippen molar-refractivity contribution in [2.45, 2.75) is 70.9 Å². The molecule has 11 nitrogen and oxygen atoms in total. The highest BCUT2D eigenvalue weighted by Crippen LogP contribution is 2.51. The van der Waals surface area contributed by atoms with Gasteiger partial charge in [-0.2, -0.15) is 4.31 Å². The van der Waals surface area contributed by atoms with Gasteiger partial charge in [0.2, 0.25) is 10.0 Å². The minimum atomic E-state index is -3.69. The summed E-state index contributed by atoms with van der Waals surface area (Å²) < 4.78 is 57.0. The lowest BCUT2D eigenvalue weighted by atomic mass is 9.86. The maximum absolute atomic E-state index is 13.3. The summed E-state index contributed by atoms with van der Waals surface area (Å²) in [4.78, 5) is 11.1. The maximum Gasteiger partial charge on any atom is 0.475 e. The number of hydrogen-bond acceptors (Lipinski definition) is 10. The first-order valence-electron chi connectivity index (χ1n) is 13.1. The SMILES string of the molecule is CCOP(=O)(OCC)O[C@@H]1CCCN(S(=O)(=O)CC2CCC(N(C)c3ncnc4c3CCN4)CC2)C1. The van der Waals surface area contributed by atoms with Gasteiger partial charge < -0.3 is 10.2 Å². The number of hydrogen-bond donors (Lipinski definition) is 1. The number of fused-ring (bicyclic) bond motifs is 1. The molecule has 0 radical (unpaired) electrons. The summed E-state index contributed by atoms with van der Waals surface area (Å²) >= 11 is 0. The predicted molar refractivity (Wildman–Crippen MR) is 139 cm³/mol. The smallest absolute Gasteiger partial charge is 0.369 e. The predicted octanol–water partition coefficient (Wildman–Crippen LogP) is 3.43. The Labute approximate surface area is 215 Å². The first-order chi connectivity index (χ1) is 17.2. The molecule has 1 saturated heterocycles. The van der Waals surface area contributed by atoms with Crippen LogP contribution in [-0.2, 0) is 34.6 Å². The molecular weight excluding hydrogens is 505 g/mol. The number of anilines is 2. The second kappa shape index (κ2) is 12.0. The van der Waals surface area contributed by atoms with E-state index in [1.807, 2.05) is 0 Å². The molecule has 1 N–H and O–H groups in total. The van der Waals surface area contributed by atoms with Gasteiger partial charge >= 0.3 is 7.82 Å². The molecule has 36 heavy (non-hydrogen) atoms. The highest BCUT2D eigenvalue weighted by atomic mass is 32.2. The highest BCUT2D eigenvalue weighted by molar-refractivity contribution is 7.89. The van der Waals surface area contributed by atoms with Crippen molar-refractivity contribution in [1.29, 1.82) is 0 Å². The van der Waals surface area contributed by atoms with Crippen molar-refractivity contribution in [2.75, 3.05) is 55.9 Å². The fraction of sp³-hybridized carbons (Fsp3) is 0.826. The fourth-order valence-electron chi connectivity index (χ4n) is 5.51. The maximum atomic E-state index is 13.3. The highest BCUT2D eigenvalue weighted by Gasteiger charge is 2.37. The van der Waals surface area contributed by atoms with Crippen molar-refractivity contribution in [3.8, 4) is 0 Å².